The van der Waals surface area contributed by atoms with E-state index in [1.807, 2.05) is 6.92 Å². The molecule has 0 aliphatic rings. The Labute approximate surface area is 165 Å². The summed E-state index contributed by atoms with van der Waals surface area (Å²) in [6, 6.07) is 5.45. The fourth-order valence-electron chi connectivity index (χ4n) is 2.41. The average Bonchev–Trinajstić information content (AvgIpc) is 2.49. The predicted octanol–water partition coefficient (Wildman–Crippen LogP) is 3.94. The maximum Gasteiger partial charge on any atom is 0.408 e. The van der Waals surface area contributed by atoms with Crippen molar-refractivity contribution in [1.82, 2.24) is 5.32 Å². The molecule has 2 atom stereocenters. The number of carbonyl (C=O) groups excluding carboxylic acids is 2. The second-order valence-corrected chi connectivity index (χ2v) is 8.90. The molecule has 0 aromatic heterocycles. The van der Waals surface area contributed by atoms with Gasteiger partial charge in [-0.15, -0.1) is 0 Å². The first-order valence-corrected chi connectivity index (χ1v) is 9.00. The SMILES string of the molecule is Cc1ccc([C@@H](NC(=O)OC(C)(C)C)[C@](C)(C(=O)OC(C)(C)C)[N+](=O)[O-])cc1. The summed E-state index contributed by atoms with van der Waals surface area (Å²) < 4.78 is 10.5. The number of rotatable bonds is 5. The number of esters is 1. The molecule has 156 valence electrons. The van der Waals surface area contributed by atoms with Gasteiger partial charge in [0.25, 0.3) is 0 Å². The molecule has 0 aliphatic heterocycles. The molecule has 0 saturated heterocycles. The van der Waals surface area contributed by atoms with Gasteiger partial charge in [-0.2, -0.15) is 0 Å². The first-order chi connectivity index (χ1) is 12.6. The van der Waals surface area contributed by atoms with E-state index < -0.39 is 39.8 Å². The topological polar surface area (TPSA) is 108 Å². The van der Waals surface area contributed by atoms with Crippen LogP contribution in [0.25, 0.3) is 0 Å². The van der Waals surface area contributed by atoms with Gasteiger partial charge in [0.1, 0.15) is 17.2 Å². The van der Waals surface area contributed by atoms with Crippen LogP contribution in [-0.2, 0) is 14.3 Å². The Balaban J connectivity index is 3.43. The van der Waals surface area contributed by atoms with Crippen molar-refractivity contribution in [3.8, 4) is 0 Å². The second-order valence-electron chi connectivity index (χ2n) is 8.90. The number of nitro groups is 1. The van der Waals surface area contributed by atoms with Crippen molar-refractivity contribution in [2.45, 2.75) is 78.2 Å². The number of hydrogen-bond acceptors (Lipinski definition) is 6. The number of amides is 1. The number of nitrogens with one attached hydrogen (secondary N) is 1. The number of benzene rings is 1. The summed E-state index contributed by atoms with van der Waals surface area (Å²) in [6.45, 7) is 12.9. The lowest BCUT2D eigenvalue weighted by Crippen LogP contribution is -2.57. The zero-order chi connectivity index (χ0) is 21.9. The zero-order valence-electron chi connectivity index (χ0n) is 17.8. The summed E-state index contributed by atoms with van der Waals surface area (Å²) in [5.74, 6) is -1.05. The molecule has 8 nitrogen and oxygen atoms in total. The molecule has 0 fully saturated rings. The summed E-state index contributed by atoms with van der Waals surface area (Å²) in [4.78, 5) is 36.5. The van der Waals surface area contributed by atoms with Crippen molar-refractivity contribution in [1.29, 1.82) is 0 Å². The van der Waals surface area contributed by atoms with E-state index in [2.05, 4.69) is 5.32 Å². The average molecular weight is 394 g/mol. The van der Waals surface area contributed by atoms with E-state index in [1.54, 1.807) is 65.8 Å². The number of nitrogens with zero attached hydrogens (tertiary/aromatic N) is 1. The third-order valence-corrected chi connectivity index (χ3v) is 3.83. The number of hydrogen-bond donors (Lipinski definition) is 1. The molecule has 0 radical (unpaired) electrons. The minimum absolute atomic E-state index is 0.390. The Hall–Kier alpha value is -2.64. The standard InChI is InChI=1S/C20H30N2O6/c1-13-9-11-14(12-10-13)15(21-17(24)28-19(5,6)7)20(8,22(25)26)16(23)27-18(2,3)4/h9-12,15H,1-8H3,(H,21,24)/t15-,20-/m1/s1. The van der Waals surface area contributed by atoms with E-state index in [9.17, 15) is 19.7 Å². The molecule has 1 aromatic carbocycles. The molecule has 1 rings (SSSR count). The predicted molar refractivity (Wildman–Crippen MR) is 105 cm³/mol. The van der Waals surface area contributed by atoms with Crippen LogP contribution in [0.1, 0.15) is 65.6 Å². The van der Waals surface area contributed by atoms with Crippen molar-refractivity contribution >= 4 is 12.1 Å². The monoisotopic (exact) mass is 394 g/mol. The van der Waals surface area contributed by atoms with Crippen molar-refractivity contribution in [2.24, 2.45) is 0 Å². The minimum Gasteiger partial charge on any atom is -0.455 e. The van der Waals surface area contributed by atoms with Crippen LogP contribution in [0.15, 0.2) is 24.3 Å². The van der Waals surface area contributed by atoms with E-state index in [4.69, 9.17) is 9.47 Å². The fourth-order valence-corrected chi connectivity index (χ4v) is 2.41. The van der Waals surface area contributed by atoms with Crippen molar-refractivity contribution in [3.05, 3.63) is 45.5 Å². The highest BCUT2D eigenvalue weighted by Crippen LogP contribution is 2.32. The van der Waals surface area contributed by atoms with E-state index in [0.29, 0.717) is 5.56 Å². The second kappa shape index (κ2) is 8.16. The van der Waals surface area contributed by atoms with Gasteiger partial charge in [0, 0.05) is 11.8 Å². The zero-order valence-corrected chi connectivity index (χ0v) is 17.8. The van der Waals surface area contributed by atoms with Gasteiger partial charge in [-0.1, -0.05) is 29.8 Å². The van der Waals surface area contributed by atoms with Gasteiger partial charge in [0.05, 0.1) is 0 Å². The number of carbonyl (C=O) groups is 2. The van der Waals surface area contributed by atoms with E-state index >= 15 is 0 Å². The van der Waals surface area contributed by atoms with Crippen LogP contribution in [0.4, 0.5) is 4.79 Å². The normalized spacial score (nSPS) is 15.1. The van der Waals surface area contributed by atoms with Crippen LogP contribution < -0.4 is 5.32 Å². The maximum absolute atomic E-state index is 12.8. The van der Waals surface area contributed by atoms with Crippen LogP contribution in [0, 0.1) is 17.0 Å². The molecule has 1 aromatic rings. The maximum atomic E-state index is 12.8. The van der Waals surface area contributed by atoms with Crippen molar-refractivity contribution < 1.29 is 24.0 Å². The molecule has 28 heavy (non-hydrogen) atoms. The number of aryl methyl sites for hydroxylation is 1. The minimum atomic E-state index is -2.26. The third kappa shape index (κ3) is 6.21. The van der Waals surface area contributed by atoms with Crippen LogP contribution in [0.5, 0.6) is 0 Å². The van der Waals surface area contributed by atoms with Gasteiger partial charge in [-0.3, -0.25) is 10.1 Å². The molecule has 0 spiro atoms. The lowest BCUT2D eigenvalue weighted by molar-refractivity contribution is -0.557. The summed E-state index contributed by atoms with van der Waals surface area (Å²) >= 11 is 0. The van der Waals surface area contributed by atoms with Crippen molar-refractivity contribution in [3.63, 3.8) is 0 Å². The number of ether oxygens (including phenoxy) is 2. The quantitative estimate of drug-likeness (QED) is 0.460. The van der Waals surface area contributed by atoms with Gasteiger partial charge in [0.15, 0.2) is 0 Å². The van der Waals surface area contributed by atoms with Crippen molar-refractivity contribution in [2.75, 3.05) is 0 Å². The molecule has 0 aliphatic carbocycles. The van der Waals surface area contributed by atoms with Gasteiger partial charge >= 0.3 is 17.6 Å². The lowest BCUT2D eigenvalue weighted by Gasteiger charge is -2.32. The van der Waals surface area contributed by atoms with E-state index in [1.165, 1.54) is 0 Å². The summed E-state index contributed by atoms with van der Waals surface area (Å²) in [5.41, 5.74) is -2.68. The Bertz CT molecular complexity index is 731. The third-order valence-electron chi connectivity index (χ3n) is 3.83. The first-order valence-electron chi connectivity index (χ1n) is 9.00. The Morgan fingerprint density at radius 3 is 1.82 bits per heavy atom. The van der Waals surface area contributed by atoms with Gasteiger partial charge < -0.3 is 14.8 Å². The van der Waals surface area contributed by atoms with E-state index in [0.717, 1.165) is 12.5 Å². The molecular weight excluding hydrogens is 364 g/mol. The van der Waals surface area contributed by atoms with Crippen LogP contribution in [0.2, 0.25) is 0 Å². The molecular formula is C20H30N2O6. The van der Waals surface area contributed by atoms with Gasteiger partial charge in [-0.05, 0) is 54.0 Å². The Morgan fingerprint density at radius 2 is 1.43 bits per heavy atom. The largest absolute Gasteiger partial charge is 0.455 e. The molecule has 8 heteroatoms. The lowest BCUT2D eigenvalue weighted by atomic mass is 9.86. The highest BCUT2D eigenvalue weighted by molar-refractivity contribution is 5.82. The molecule has 0 unspecified atom stereocenters. The molecule has 1 amide bonds. The summed E-state index contributed by atoms with van der Waals surface area (Å²) in [7, 11) is 0. The first kappa shape index (κ1) is 23.4. The molecule has 0 saturated carbocycles. The molecule has 1 N–H and O–H groups in total. The number of alkyl carbamates (subject to hydrolysis) is 1. The van der Waals surface area contributed by atoms with Crippen LogP contribution in [-0.4, -0.2) is 33.7 Å². The summed E-state index contributed by atoms with van der Waals surface area (Å²) in [6.07, 6.45) is -0.866. The highest BCUT2D eigenvalue weighted by Gasteiger charge is 2.57. The molecule has 0 heterocycles. The van der Waals surface area contributed by atoms with Crippen LogP contribution in [0.3, 0.4) is 0 Å². The van der Waals surface area contributed by atoms with E-state index in [-0.39, 0.29) is 0 Å². The Morgan fingerprint density at radius 1 is 0.964 bits per heavy atom. The summed E-state index contributed by atoms with van der Waals surface area (Å²) in [5, 5.41) is 14.5. The van der Waals surface area contributed by atoms with Crippen LogP contribution >= 0.6 is 0 Å². The highest BCUT2D eigenvalue weighted by atomic mass is 16.6. The van der Waals surface area contributed by atoms with Gasteiger partial charge in [0.2, 0.25) is 0 Å². The smallest absolute Gasteiger partial charge is 0.408 e. The fraction of sp³-hybridized carbons (Fsp3) is 0.600. The van der Waals surface area contributed by atoms with Gasteiger partial charge in [-0.25, -0.2) is 9.59 Å². The molecule has 0 bridgehead atoms. The Kier molecular flexibility index (Phi) is 6.82.